The third-order valence-corrected chi connectivity index (χ3v) is 8.21. The second-order valence-electron chi connectivity index (χ2n) is 11.1. The minimum Gasteiger partial charge on any atom is -0.458 e. The molecular weight excluding hydrogens is 472 g/mol. The van der Waals surface area contributed by atoms with E-state index in [1.807, 2.05) is 17.0 Å². The average molecular weight is 511 g/mol. The van der Waals surface area contributed by atoms with E-state index in [4.69, 9.17) is 4.42 Å². The molecule has 1 amide bonds. The Kier molecular flexibility index (Phi) is 7.34. The molecule has 0 bridgehead atoms. The maximum absolute atomic E-state index is 13.8. The average Bonchev–Trinajstić information content (AvgIpc) is 3.49. The van der Waals surface area contributed by atoms with Crippen LogP contribution in [0.25, 0.3) is 11.1 Å². The van der Waals surface area contributed by atoms with Gasteiger partial charge >= 0.3 is 0 Å². The number of carbonyl (C=O) groups is 1. The molecular formula is C32H38N4O2. The van der Waals surface area contributed by atoms with E-state index in [2.05, 4.69) is 82.0 Å². The Bertz CT molecular complexity index is 1340. The molecule has 2 fully saturated rings. The summed E-state index contributed by atoms with van der Waals surface area (Å²) in [6.45, 7) is 10.2. The smallest absolute Gasteiger partial charge is 0.270 e. The molecule has 2 aliphatic rings. The van der Waals surface area contributed by atoms with Crippen LogP contribution in [0.2, 0.25) is 0 Å². The second kappa shape index (κ2) is 11.2. The van der Waals surface area contributed by atoms with E-state index in [0.29, 0.717) is 6.54 Å². The minimum atomic E-state index is 0.0956. The van der Waals surface area contributed by atoms with Crippen molar-refractivity contribution in [2.45, 2.75) is 39.4 Å². The zero-order valence-corrected chi connectivity index (χ0v) is 22.4. The number of piperidine rings is 1. The normalized spacial score (nSPS) is 17.9. The van der Waals surface area contributed by atoms with Crippen molar-refractivity contribution in [1.82, 2.24) is 19.3 Å². The third-order valence-electron chi connectivity index (χ3n) is 8.21. The zero-order valence-electron chi connectivity index (χ0n) is 22.4. The van der Waals surface area contributed by atoms with Gasteiger partial charge in [0.2, 0.25) is 0 Å². The predicted octanol–water partition coefficient (Wildman–Crippen LogP) is 5.47. The van der Waals surface area contributed by atoms with Gasteiger partial charge < -0.3 is 13.9 Å². The molecule has 2 saturated heterocycles. The van der Waals surface area contributed by atoms with Gasteiger partial charge in [-0.1, -0.05) is 67.6 Å². The Hall–Kier alpha value is -3.35. The van der Waals surface area contributed by atoms with Gasteiger partial charge in [0.1, 0.15) is 11.5 Å². The number of piperazine rings is 1. The van der Waals surface area contributed by atoms with Gasteiger partial charge in [0.25, 0.3) is 5.91 Å². The summed E-state index contributed by atoms with van der Waals surface area (Å²) >= 11 is 0. The number of furan rings is 1. The number of likely N-dealkylation sites (tertiary alicyclic amines) is 1. The lowest BCUT2D eigenvalue weighted by molar-refractivity contribution is 0.0619. The lowest BCUT2D eigenvalue weighted by Crippen LogP contribution is -2.48. The fraction of sp³-hybridized carbons (Fsp3) is 0.406. The molecule has 0 atom stereocenters. The number of fused-ring (bicyclic) bond motifs is 1. The molecule has 6 nitrogen and oxygen atoms in total. The van der Waals surface area contributed by atoms with Crippen molar-refractivity contribution in [3.63, 3.8) is 0 Å². The molecule has 6 heteroatoms. The van der Waals surface area contributed by atoms with Crippen molar-refractivity contribution < 1.29 is 9.21 Å². The van der Waals surface area contributed by atoms with E-state index in [-0.39, 0.29) is 5.91 Å². The van der Waals surface area contributed by atoms with Crippen LogP contribution in [0.1, 0.15) is 47.1 Å². The van der Waals surface area contributed by atoms with Gasteiger partial charge in [0.05, 0.1) is 12.1 Å². The Morgan fingerprint density at radius 2 is 1.37 bits per heavy atom. The number of rotatable bonds is 7. The van der Waals surface area contributed by atoms with Gasteiger partial charge in [-0.05, 0) is 43.0 Å². The molecule has 2 aromatic carbocycles. The molecule has 2 aliphatic heterocycles. The van der Waals surface area contributed by atoms with Gasteiger partial charge in [-0.15, -0.1) is 0 Å². The first-order chi connectivity index (χ1) is 18.6. The van der Waals surface area contributed by atoms with Crippen molar-refractivity contribution in [2.24, 2.45) is 5.92 Å². The molecule has 2 aromatic heterocycles. The van der Waals surface area contributed by atoms with E-state index in [0.717, 1.165) is 80.8 Å². The van der Waals surface area contributed by atoms with Crippen molar-refractivity contribution in [3.8, 4) is 0 Å². The van der Waals surface area contributed by atoms with Crippen LogP contribution in [0.3, 0.4) is 0 Å². The van der Waals surface area contributed by atoms with Crippen molar-refractivity contribution >= 4 is 17.0 Å². The molecule has 4 aromatic rings. The Labute approximate surface area is 225 Å². The number of aromatic nitrogens is 1. The highest BCUT2D eigenvalue weighted by molar-refractivity contribution is 5.97. The first-order valence-electron chi connectivity index (χ1n) is 14.1. The quantitative estimate of drug-likeness (QED) is 0.331. The van der Waals surface area contributed by atoms with Gasteiger partial charge in [0, 0.05) is 51.4 Å². The molecule has 0 aliphatic carbocycles. The Balaban J connectivity index is 1.20. The van der Waals surface area contributed by atoms with E-state index in [9.17, 15) is 4.79 Å². The molecule has 6 rings (SSSR count). The summed E-state index contributed by atoms with van der Waals surface area (Å²) in [6, 6.07) is 25.1. The number of nitrogens with zero attached hydrogens (tertiary/aromatic N) is 4. The maximum atomic E-state index is 13.8. The van der Waals surface area contributed by atoms with E-state index < -0.39 is 0 Å². The van der Waals surface area contributed by atoms with Gasteiger partial charge in [-0.25, -0.2) is 0 Å². The summed E-state index contributed by atoms with van der Waals surface area (Å²) < 4.78 is 8.50. The van der Waals surface area contributed by atoms with Crippen LogP contribution >= 0.6 is 0 Å². The lowest BCUT2D eigenvalue weighted by Gasteiger charge is -2.35. The van der Waals surface area contributed by atoms with Crippen molar-refractivity contribution in [3.05, 3.63) is 95.4 Å². The van der Waals surface area contributed by atoms with Crippen molar-refractivity contribution in [2.75, 3.05) is 39.3 Å². The molecule has 0 radical (unpaired) electrons. The van der Waals surface area contributed by atoms with Crippen LogP contribution in [-0.2, 0) is 19.6 Å². The first kappa shape index (κ1) is 25.0. The van der Waals surface area contributed by atoms with Gasteiger partial charge in [-0.3, -0.25) is 14.6 Å². The van der Waals surface area contributed by atoms with E-state index in [1.54, 1.807) is 0 Å². The standard InChI is InChI=1S/C32H38N4O2/c1-25-12-14-33(15-13-25)24-28-20-29-31(38-28)21-30(36(29)23-27-10-6-3-7-11-27)32(37)35-18-16-34(17-19-35)22-26-8-4-2-5-9-26/h2-11,20-21,25H,12-19,22-24H2,1H3. The summed E-state index contributed by atoms with van der Waals surface area (Å²) in [6.07, 6.45) is 2.50. The molecule has 198 valence electrons. The van der Waals surface area contributed by atoms with Crippen LogP contribution in [0.15, 0.2) is 77.2 Å². The molecule has 4 heterocycles. The summed E-state index contributed by atoms with van der Waals surface area (Å²) in [4.78, 5) is 20.7. The van der Waals surface area contributed by atoms with E-state index in [1.165, 1.54) is 24.0 Å². The summed E-state index contributed by atoms with van der Waals surface area (Å²) in [5, 5.41) is 0. The third kappa shape index (κ3) is 5.57. The topological polar surface area (TPSA) is 44.9 Å². The monoisotopic (exact) mass is 510 g/mol. The van der Waals surface area contributed by atoms with Gasteiger partial charge in [-0.2, -0.15) is 0 Å². The predicted molar refractivity (Wildman–Crippen MR) is 151 cm³/mol. The Morgan fingerprint density at radius 1 is 0.763 bits per heavy atom. The van der Waals surface area contributed by atoms with Crippen LogP contribution in [-0.4, -0.2) is 64.4 Å². The SMILES string of the molecule is CC1CCN(Cc2cc3c(cc(C(=O)N4CCN(Cc5ccccc5)CC4)n3Cc3ccccc3)o2)CC1. The number of hydrogen-bond acceptors (Lipinski definition) is 4. The minimum absolute atomic E-state index is 0.0956. The first-order valence-corrected chi connectivity index (χ1v) is 14.1. The molecule has 0 spiro atoms. The van der Waals surface area contributed by atoms with Gasteiger partial charge in [0.15, 0.2) is 5.58 Å². The van der Waals surface area contributed by atoms with Crippen LogP contribution < -0.4 is 0 Å². The number of carbonyl (C=O) groups excluding carboxylic acids is 1. The summed E-state index contributed by atoms with van der Waals surface area (Å²) in [5.41, 5.74) is 5.05. The van der Waals surface area contributed by atoms with Crippen LogP contribution in [0.4, 0.5) is 0 Å². The molecule has 0 unspecified atom stereocenters. The zero-order chi connectivity index (χ0) is 25.9. The second-order valence-corrected chi connectivity index (χ2v) is 11.1. The van der Waals surface area contributed by atoms with E-state index >= 15 is 0 Å². The highest BCUT2D eigenvalue weighted by Gasteiger charge is 2.27. The maximum Gasteiger partial charge on any atom is 0.270 e. The highest BCUT2D eigenvalue weighted by Crippen LogP contribution is 2.28. The Morgan fingerprint density at radius 3 is 2.03 bits per heavy atom. The molecule has 0 saturated carbocycles. The summed E-state index contributed by atoms with van der Waals surface area (Å²) in [5.74, 6) is 1.89. The largest absolute Gasteiger partial charge is 0.458 e. The highest BCUT2D eigenvalue weighted by atomic mass is 16.3. The van der Waals surface area contributed by atoms with Crippen LogP contribution in [0, 0.1) is 5.92 Å². The molecule has 0 N–H and O–H groups in total. The molecule has 38 heavy (non-hydrogen) atoms. The number of hydrogen-bond donors (Lipinski definition) is 0. The lowest BCUT2D eigenvalue weighted by atomic mass is 9.99. The fourth-order valence-corrected chi connectivity index (χ4v) is 5.84. The van der Waals surface area contributed by atoms with Crippen LogP contribution in [0.5, 0.6) is 0 Å². The number of amides is 1. The fourth-order valence-electron chi connectivity index (χ4n) is 5.84. The summed E-state index contributed by atoms with van der Waals surface area (Å²) in [7, 11) is 0. The van der Waals surface area contributed by atoms with Crippen molar-refractivity contribution in [1.29, 1.82) is 0 Å². The number of benzene rings is 2.